The van der Waals surface area contributed by atoms with E-state index in [0.717, 1.165) is 10.9 Å². The van der Waals surface area contributed by atoms with E-state index >= 15 is 0 Å². The Balaban J connectivity index is 1.49. The van der Waals surface area contributed by atoms with Crippen molar-refractivity contribution in [3.05, 3.63) is 102 Å². The molecule has 0 radical (unpaired) electrons. The summed E-state index contributed by atoms with van der Waals surface area (Å²) in [5.74, 6) is -1.73. The number of fused-ring (bicyclic) bond motifs is 1. The number of rotatable bonds is 5. The number of aromatic nitrogens is 1. The minimum Gasteiger partial charge on any atom is -0.335 e. The van der Waals surface area contributed by atoms with Gasteiger partial charge in [-0.25, -0.2) is 9.40 Å². The van der Waals surface area contributed by atoms with Crippen molar-refractivity contribution in [3.63, 3.8) is 0 Å². The van der Waals surface area contributed by atoms with Gasteiger partial charge in [-0.2, -0.15) is 0 Å². The molecule has 2 heterocycles. The van der Waals surface area contributed by atoms with Gasteiger partial charge >= 0.3 is 0 Å². The van der Waals surface area contributed by atoms with Gasteiger partial charge in [0, 0.05) is 27.8 Å². The number of carbonyl (C=O) groups excluding carboxylic acids is 3. The quantitative estimate of drug-likeness (QED) is 0.340. The molecule has 4 aromatic rings. The van der Waals surface area contributed by atoms with E-state index < -0.39 is 17.6 Å². The molecular weight excluding hydrogens is 447 g/mol. The lowest BCUT2D eigenvalue weighted by molar-refractivity contribution is -0.118. The maximum absolute atomic E-state index is 13.5. The summed E-state index contributed by atoms with van der Waals surface area (Å²) in [5, 5.41) is 4.72. The average Bonchev–Trinajstić information content (AvgIpc) is 3.28. The van der Waals surface area contributed by atoms with Crippen LogP contribution in [0.25, 0.3) is 17.0 Å². The molecule has 0 aliphatic carbocycles. The van der Waals surface area contributed by atoms with Crippen LogP contribution in [0.5, 0.6) is 0 Å². The van der Waals surface area contributed by atoms with Crippen LogP contribution in [0.1, 0.15) is 11.3 Å². The van der Waals surface area contributed by atoms with Crippen molar-refractivity contribution in [1.29, 1.82) is 0 Å². The SMILES string of the molecule is Cc1c(C=C2C(=O)NN(c3ccccc3)C2=O)c2ccccc2n1CC(=O)Nc1cccc(F)c1. The Labute approximate surface area is 200 Å². The van der Waals surface area contributed by atoms with Gasteiger partial charge in [-0.05, 0) is 49.4 Å². The Morgan fingerprint density at radius 3 is 2.51 bits per heavy atom. The minimum absolute atomic E-state index is 0.00377. The number of hydrazine groups is 1. The third kappa shape index (κ3) is 4.17. The first-order valence-electron chi connectivity index (χ1n) is 11.0. The monoisotopic (exact) mass is 468 g/mol. The van der Waals surface area contributed by atoms with E-state index in [1.54, 1.807) is 36.4 Å². The van der Waals surface area contributed by atoms with E-state index in [2.05, 4.69) is 10.7 Å². The summed E-state index contributed by atoms with van der Waals surface area (Å²) in [7, 11) is 0. The second-order valence-corrected chi connectivity index (χ2v) is 8.14. The van der Waals surface area contributed by atoms with Crippen LogP contribution < -0.4 is 15.8 Å². The second-order valence-electron chi connectivity index (χ2n) is 8.14. The molecule has 8 heteroatoms. The van der Waals surface area contributed by atoms with Crippen molar-refractivity contribution < 1.29 is 18.8 Å². The van der Waals surface area contributed by atoms with Gasteiger partial charge < -0.3 is 9.88 Å². The molecule has 35 heavy (non-hydrogen) atoms. The van der Waals surface area contributed by atoms with E-state index in [1.165, 1.54) is 23.2 Å². The Kier molecular flexibility index (Phi) is 5.62. The third-order valence-electron chi connectivity index (χ3n) is 5.88. The Hall–Kier alpha value is -4.72. The molecule has 2 N–H and O–H groups in total. The number of halogens is 1. The zero-order valence-corrected chi connectivity index (χ0v) is 18.8. The normalized spacial score (nSPS) is 14.6. The fourth-order valence-corrected chi connectivity index (χ4v) is 4.21. The van der Waals surface area contributed by atoms with Crippen molar-refractivity contribution in [2.75, 3.05) is 10.3 Å². The van der Waals surface area contributed by atoms with E-state index in [9.17, 15) is 18.8 Å². The fourth-order valence-electron chi connectivity index (χ4n) is 4.21. The topological polar surface area (TPSA) is 83.4 Å². The Morgan fingerprint density at radius 1 is 1.00 bits per heavy atom. The maximum Gasteiger partial charge on any atom is 0.282 e. The van der Waals surface area contributed by atoms with Gasteiger partial charge in [0.2, 0.25) is 5.91 Å². The molecule has 3 aromatic carbocycles. The highest BCUT2D eigenvalue weighted by Gasteiger charge is 2.35. The number of carbonyl (C=O) groups is 3. The molecule has 0 bridgehead atoms. The molecule has 174 valence electrons. The molecule has 1 aliphatic rings. The lowest BCUT2D eigenvalue weighted by atomic mass is 10.1. The van der Waals surface area contributed by atoms with Gasteiger partial charge in [-0.3, -0.25) is 19.8 Å². The maximum atomic E-state index is 13.5. The summed E-state index contributed by atoms with van der Waals surface area (Å²) in [5.41, 5.74) is 5.69. The summed E-state index contributed by atoms with van der Waals surface area (Å²) >= 11 is 0. The van der Waals surface area contributed by atoms with Crippen molar-refractivity contribution in [2.45, 2.75) is 13.5 Å². The first kappa shape index (κ1) is 22.1. The van der Waals surface area contributed by atoms with Crippen LogP contribution in [0, 0.1) is 12.7 Å². The largest absolute Gasteiger partial charge is 0.335 e. The van der Waals surface area contributed by atoms with Gasteiger partial charge in [-0.15, -0.1) is 0 Å². The number of para-hydroxylation sites is 2. The number of hydrogen-bond acceptors (Lipinski definition) is 3. The van der Waals surface area contributed by atoms with Crippen molar-refractivity contribution in [3.8, 4) is 0 Å². The summed E-state index contributed by atoms with van der Waals surface area (Å²) in [6.07, 6.45) is 1.57. The Bertz CT molecular complexity index is 1510. The molecule has 1 aromatic heterocycles. The van der Waals surface area contributed by atoms with Crippen molar-refractivity contribution in [1.82, 2.24) is 9.99 Å². The van der Waals surface area contributed by atoms with Gasteiger partial charge in [0.15, 0.2) is 0 Å². The van der Waals surface area contributed by atoms with Crippen LogP contribution in [-0.4, -0.2) is 22.3 Å². The number of amides is 3. The highest BCUT2D eigenvalue weighted by atomic mass is 19.1. The van der Waals surface area contributed by atoms with Crippen LogP contribution >= 0.6 is 0 Å². The predicted octanol–water partition coefficient (Wildman–Crippen LogP) is 4.19. The predicted molar refractivity (Wildman–Crippen MR) is 132 cm³/mol. The van der Waals surface area contributed by atoms with Crippen LogP contribution in [-0.2, 0) is 20.9 Å². The Morgan fingerprint density at radius 2 is 1.74 bits per heavy atom. The summed E-state index contributed by atoms with van der Waals surface area (Å²) in [4.78, 5) is 38.5. The summed E-state index contributed by atoms with van der Waals surface area (Å²) in [6.45, 7) is 1.80. The van der Waals surface area contributed by atoms with Crippen LogP contribution in [0.3, 0.4) is 0 Å². The molecule has 1 aliphatic heterocycles. The van der Waals surface area contributed by atoms with Gasteiger partial charge in [0.25, 0.3) is 11.8 Å². The van der Waals surface area contributed by atoms with Gasteiger partial charge in [0.1, 0.15) is 17.9 Å². The van der Waals surface area contributed by atoms with Crippen molar-refractivity contribution in [2.24, 2.45) is 0 Å². The number of benzene rings is 3. The number of anilines is 2. The van der Waals surface area contributed by atoms with E-state index in [1.807, 2.05) is 41.8 Å². The number of hydrogen-bond donors (Lipinski definition) is 2. The molecule has 0 atom stereocenters. The molecule has 3 amide bonds. The zero-order valence-electron chi connectivity index (χ0n) is 18.8. The molecule has 0 spiro atoms. The van der Waals surface area contributed by atoms with Crippen LogP contribution in [0.15, 0.2) is 84.4 Å². The molecular formula is C27H21FN4O3. The molecule has 1 fully saturated rings. The second kappa shape index (κ2) is 8.90. The molecule has 1 saturated heterocycles. The number of nitrogens with zero attached hydrogens (tertiary/aromatic N) is 2. The summed E-state index contributed by atoms with van der Waals surface area (Å²) < 4.78 is 15.3. The third-order valence-corrected chi connectivity index (χ3v) is 5.88. The minimum atomic E-state index is -0.501. The van der Waals surface area contributed by atoms with E-state index in [-0.39, 0.29) is 18.0 Å². The summed E-state index contributed by atoms with van der Waals surface area (Å²) in [6, 6.07) is 22.0. The first-order chi connectivity index (χ1) is 16.9. The van der Waals surface area contributed by atoms with Crippen LogP contribution in [0.4, 0.5) is 15.8 Å². The van der Waals surface area contributed by atoms with Gasteiger partial charge in [-0.1, -0.05) is 42.5 Å². The average molecular weight is 468 g/mol. The van der Waals surface area contributed by atoms with E-state index in [4.69, 9.17) is 0 Å². The first-order valence-corrected chi connectivity index (χ1v) is 11.0. The number of nitrogens with one attached hydrogen (secondary N) is 2. The van der Waals surface area contributed by atoms with E-state index in [0.29, 0.717) is 22.6 Å². The lowest BCUT2D eigenvalue weighted by Crippen LogP contribution is -2.35. The highest BCUT2D eigenvalue weighted by Crippen LogP contribution is 2.30. The smallest absolute Gasteiger partial charge is 0.282 e. The van der Waals surface area contributed by atoms with Gasteiger partial charge in [0.05, 0.1) is 5.69 Å². The lowest BCUT2D eigenvalue weighted by Gasteiger charge is -2.13. The molecule has 0 saturated carbocycles. The zero-order chi connectivity index (χ0) is 24.5. The molecule has 7 nitrogen and oxygen atoms in total. The molecule has 0 unspecified atom stereocenters. The van der Waals surface area contributed by atoms with Crippen molar-refractivity contribution >= 4 is 46.1 Å². The van der Waals surface area contributed by atoms with Crippen LogP contribution in [0.2, 0.25) is 0 Å². The standard InChI is InChI=1S/C27H21FN4O3/c1-17-22(15-23-26(34)30-32(27(23)35)20-10-3-2-4-11-20)21-12-5-6-13-24(21)31(17)16-25(33)29-19-9-7-8-18(28)14-19/h2-15H,16H2,1H3,(H,29,33)(H,30,34). The fraction of sp³-hybridized carbons (Fsp3) is 0.0741. The highest BCUT2D eigenvalue weighted by molar-refractivity contribution is 6.32. The molecule has 5 rings (SSSR count).